The Kier molecular flexibility index (Phi) is 4.86. The van der Waals surface area contributed by atoms with Gasteiger partial charge < -0.3 is 5.32 Å². The van der Waals surface area contributed by atoms with Crippen molar-refractivity contribution in [1.82, 2.24) is 34.8 Å². The first kappa shape index (κ1) is 18.5. The van der Waals surface area contributed by atoms with Crippen LogP contribution in [-0.2, 0) is 20.6 Å². The monoisotopic (exact) mass is 391 g/mol. The van der Waals surface area contributed by atoms with Crippen molar-refractivity contribution < 1.29 is 9.18 Å². The van der Waals surface area contributed by atoms with Crippen LogP contribution in [0.1, 0.15) is 16.2 Å². The lowest BCUT2D eigenvalue weighted by atomic mass is 10.1. The lowest BCUT2D eigenvalue weighted by Crippen LogP contribution is -2.26. The van der Waals surface area contributed by atoms with Gasteiger partial charge in [0.1, 0.15) is 22.9 Å². The molecular formula is C20H18FN7O. The Morgan fingerprint density at radius 2 is 1.76 bits per heavy atom. The fraction of sp³-hybridized carbons (Fsp3) is 0.150. The van der Waals surface area contributed by atoms with Crippen LogP contribution in [0.2, 0.25) is 0 Å². The molecule has 3 aromatic heterocycles. The van der Waals surface area contributed by atoms with Crippen molar-refractivity contribution in [1.29, 1.82) is 0 Å². The summed E-state index contributed by atoms with van der Waals surface area (Å²) in [6.45, 7) is 0.291. The van der Waals surface area contributed by atoms with E-state index in [0.29, 0.717) is 29.3 Å². The Morgan fingerprint density at radius 1 is 1.00 bits per heavy atom. The molecule has 1 N–H and O–H groups in total. The third kappa shape index (κ3) is 3.88. The molecule has 0 aliphatic heterocycles. The van der Waals surface area contributed by atoms with E-state index >= 15 is 0 Å². The summed E-state index contributed by atoms with van der Waals surface area (Å²) in [5.41, 5.74) is 3.91. The number of carbonyl (C=O) groups excluding carboxylic acids is 1. The van der Waals surface area contributed by atoms with Crippen LogP contribution in [0.25, 0.3) is 22.6 Å². The highest BCUT2D eigenvalue weighted by Crippen LogP contribution is 2.19. The van der Waals surface area contributed by atoms with Crippen molar-refractivity contribution in [2.24, 2.45) is 14.1 Å². The average Bonchev–Trinajstić information content (AvgIpc) is 3.30. The van der Waals surface area contributed by atoms with Crippen molar-refractivity contribution >= 4 is 5.91 Å². The first-order chi connectivity index (χ1) is 14.0. The molecule has 1 aromatic carbocycles. The lowest BCUT2D eigenvalue weighted by Gasteiger charge is -2.05. The highest BCUT2D eigenvalue weighted by atomic mass is 19.1. The van der Waals surface area contributed by atoms with Crippen molar-refractivity contribution in [3.05, 3.63) is 72.2 Å². The number of aryl methyl sites for hydroxylation is 2. The number of nitrogens with zero attached hydrogens (tertiary/aromatic N) is 6. The molecule has 9 heteroatoms. The summed E-state index contributed by atoms with van der Waals surface area (Å²) in [6.07, 6.45) is 4.84. The largest absolute Gasteiger partial charge is 0.345 e. The fourth-order valence-corrected chi connectivity index (χ4v) is 2.93. The number of hydrogen-bond acceptors (Lipinski definition) is 5. The fourth-order valence-electron chi connectivity index (χ4n) is 2.93. The first-order valence-corrected chi connectivity index (χ1v) is 8.89. The molecule has 0 saturated carbocycles. The number of benzene rings is 1. The predicted molar refractivity (Wildman–Crippen MR) is 104 cm³/mol. The second-order valence-electron chi connectivity index (χ2n) is 6.46. The number of aromatic nitrogens is 6. The number of carbonyl (C=O) groups is 1. The Balaban J connectivity index is 1.48. The first-order valence-electron chi connectivity index (χ1n) is 8.89. The summed E-state index contributed by atoms with van der Waals surface area (Å²) in [4.78, 5) is 20.9. The summed E-state index contributed by atoms with van der Waals surface area (Å²) in [5.74, 6) is -0.588. The molecule has 0 radical (unpaired) electrons. The second kappa shape index (κ2) is 7.63. The number of halogens is 1. The molecule has 0 aliphatic carbocycles. The molecule has 0 spiro atoms. The molecule has 4 rings (SSSR count). The van der Waals surface area contributed by atoms with E-state index in [1.54, 1.807) is 55.6 Å². The van der Waals surface area contributed by atoms with Crippen LogP contribution in [0.3, 0.4) is 0 Å². The lowest BCUT2D eigenvalue weighted by molar-refractivity contribution is 0.0940. The van der Waals surface area contributed by atoms with Gasteiger partial charge in [0.25, 0.3) is 5.91 Å². The minimum atomic E-state index is -0.320. The van der Waals surface area contributed by atoms with Gasteiger partial charge >= 0.3 is 0 Å². The van der Waals surface area contributed by atoms with Gasteiger partial charge in [-0.15, -0.1) is 0 Å². The topological polar surface area (TPSA) is 90.5 Å². The zero-order valence-corrected chi connectivity index (χ0v) is 15.9. The van der Waals surface area contributed by atoms with Crippen LogP contribution < -0.4 is 5.32 Å². The van der Waals surface area contributed by atoms with E-state index in [0.717, 1.165) is 11.3 Å². The van der Waals surface area contributed by atoms with Crippen LogP contribution in [-0.4, -0.2) is 35.4 Å². The molecule has 8 nitrogen and oxygen atoms in total. The molecule has 0 saturated heterocycles. The molecular weight excluding hydrogens is 373 g/mol. The summed E-state index contributed by atoms with van der Waals surface area (Å²) >= 11 is 0. The third-order valence-corrected chi connectivity index (χ3v) is 4.48. The Morgan fingerprint density at radius 3 is 2.48 bits per heavy atom. The van der Waals surface area contributed by atoms with E-state index in [2.05, 4.69) is 25.5 Å². The minimum Gasteiger partial charge on any atom is -0.345 e. The van der Waals surface area contributed by atoms with Gasteiger partial charge in [0.05, 0.1) is 24.1 Å². The Bertz CT molecular complexity index is 1150. The Hall–Kier alpha value is -3.88. The van der Waals surface area contributed by atoms with Crippen molar-refractivity contribution in [3.8, 4) is 22.6 Å². The quantitative estimate of drug-likeness (QED) is 0.564. The molecule has 3 heterocycles. The predicted octanol–water partition coefficient (Wildman–Crippen LogP) is 2.35. The highest BCUT2D eigenvalue weighted by molar-refractivity contribution is 5.93. The molecule has 0 atom stereocenters. The SMILES string of the molecule is Cn1nc(-c2cnccn2)cc1CNC(=O)c1cc(-c2ccc(F)cc2)nn1C. The summed E-state index contributed by atoms with van der Waals surface area (Å²) in [5, 5.41) is 11.6. The zero-order valence-electron chi connectivity index (χ0n) is 15.9. The number of rotatable bonds is 5. The van der Waals surface area contributed by atoms with Crippen LogP contribution in [0.5, 0.6) is 0 Å². The van der Waals surface area contributed by atoms with Gasteiger partial charge in [0, 0.05) is 32.1 Å². The molecule has 4 aromatic rings. The van der Waals surface area contributed by atoms with Gasteiger partial charge in [-0.3, -0.25) is 24.1 Å². The van der Waals surface area contributed by atoms with E-state index in [1.807, 2.05) is 6.07 Å². The second-order valence-corrected chi connectivity index (χ2v) is 6.46. The van der Waals surface area contributed by atoms with Crippen LogP contribution >= 0.6 is 0 Å². The van der Waals surface area contributed by atoms with Crippen molar-refractivity contribution in [3.63, 3.8) is 0 Å². The molecule has 1 amide bonds. The number of nitrogens with one attached hydrogen (secondary N) is 1. The zero-order chi connectivity index (χ0) is 20.4. The van der Waals surface area contributed by atoms with Gasteiger partial charge in [0.2, 0.25) is 0 Å². The third-order valence-electron chi connectivity index (χ3n) is 4.48. The van der Waals surface area contributed by atoms with Gasteiger partial charge in [-0.25, -0.2) is 4.39 Å². The standard InChI is InChI=1S/C20H18FN7O/c1-27-15(9-17(26-27)18-12-22-7-8-23-18)11-24-20(29)19-10-16(25-28(19)2)13-3-5-14(21)6-4-13/h3-10,12H,11H2,1-2H3,(H,24,29). The van der Waals surface area contributed by atoms with Crippen LogP contribution in [0.4, 0.5) is 4.39 Å². The van der Waals surface area contributed by atoms with Gasteiger partial charge in [-0.2, -0.15) is 10.2 Å². The van der Waals surface area contributed by atoms with E-state index in [1.165, 1.54) is 16.8 Å². The van der Waals surface area contributed by atoms with Gasteiger partial charge in [-0.05, 0) is 36.4 Å². The van der Waals surface area contributed by atoms with Crippen LogP contribution in [0.15, 0.2) is 55.0 Å². The van der Waals surface area contributed by atoms with E-state index in [9.17, 15) is 9.18 Å². The molecule has 0 unspecified atom stereocenters. The molecule has 29 heavy (non-hydrogen) atoms. The summed E-state index contributed by atoms with van der Waals surface area (Å²) in [6, 6.07) is 9.52. The summed E-state index contributed by atoms with van der Waals surface area (Å²) in [7, 11) is 3.50. The normalized spacial score (nSPS) is 10.9. The van der Waals surface area contributed by atoms with E-state index < -0.39 is 0 Å². The van der Waals surface area contributed by atoms with E-state index in [-0.39, 0.29) is 11.7 Å². The Labute approximate surface area is 166 Å². The molecule has 0 fully saturated rings. The summed E-state index contributed by atoms with van der Waals surface area (Å²) < 4.78 is 16.3. The maximum Gasteiger partial charge on any atom is 0.269 e. The minimum absolute atomic E-state index is 0.268. The highest BCUT2D eigenvalue weighted by Gasteiger charge is 2.15. The van der Waals surface area contributed by atoms with E-state index in [4.69, 9.17) is 0 Å². The maximum absolute atomic E-state index is 13.1. The van der Waals surface area contributed by atoms with Gasteiger partial charge in [0.15, 0.2) is 0 Å². The molecule has 0 bridgehead atoms. The maximum atomic E-state index is 13.1. The number of hydrogen-bond donors (Lipinski definition) is 1. The van der Waals surface area contributed by atoms with Crippen molar-refractivity contribution in [2.75, 3.05) is 0 Å². The smallest absolute Gasteiger partial charge is 0.269 e. The number of amides is 1. The van der Waals surface area contributed by atoms with Crippen LogP contribution in [0, 0.1) is 5.82 Å². The van der Waals surface area contributed by atoms with Gasteiger partial charge in [-0.1, -0.05) is 0 Å². The molecule has 146 valence electrons. The average molecular weight is 391 g/mol. The molecule has 0 aliphatic rings. The van der Waals surface area contributed by atoms with Crippen molar-refractivity contribution in [2.45, 2.75) is 6.54 Å².